The Kier molecular flexibility index (Phi) is 1.81. The molecular weight excluding hydrogens is 150 g/mol. The molecule has 0 aromatic carbocycles. The molecule has 0 amide bonds. The van der Waals surface area contributed by atoms with E-state index in [1.165, 1.54) is 12.8 Å². The molecule has 1 unspecified atom stereocenters. The normalized spacial score (nSPS) is 19.2. The second-order valence-corrected chi connectivity index (χ2v) is 3.45. The first kappa shape index (κ1) is 7.68. The summed E-state index contributed by atoms with van der Waals surface area (Å²) in [5.74, 6) is 0.666. The van der Waals surface area contributed by atoms with Crippen molar-refractivity contribution >= 4 is 0 Å². The van der Waals surface area contributed by atoms with Gasteiger partial charge in [0, 0.05) is 11.7 Å². The molecule has 2 rings (SSSR count). The van der Waals surface area contributed by atoms with Gasteiger partial charge in [-0.2, -0.15) is 0 Å². The third kappa shape index (κ3) is 1.46. The highest BCUT2D eigenvalue weighted by atomic mass is 14.9. The molecular formula is C9H13N3. The summed E-state index contributed by atoms with van der Waals surface area (Å²) in [6.07, 6.45) is 4.10. The number of nitrogens with zero attached hydrogens (tertiary/aromatic N) is 2. The zero-order valence-electron chi connectivity index (χ0n) is 7.20. The van der Waals surface area contributed by atoms with E-state index in [-0.39, 0.29) is 6.04 Å². The van der Waals surface area contributed by atoms with Gasteiger partial charge in [0.25, 0.3) is 0 Å². The van der Waals surface area contributed by atoms with Gasteiger partial charge in [0.2, 0.25) is 0 Å². The van der Waals surface area contributed by atoms with E-state index in [1.54, 1.807) is 6.33 Å². The van der Waals surface area contributed by atoms with Gasteiger partial charge in [0.1, 0.15) is 6.33 Å². The van der Waals surface area contributed by atoms with E-state index in [0.717, 1.165) is 11.4 Å². The van der Waals surface area contributed by atoms with E-state index < -0.39 is 0 Å². The van der Waals surface area contributed by atoms with Gasteiger partial charge in [-0.25, -0.2) is 9.97 Å². The third-order valence-corrected chi connectivity index (χ3v) is 2.30. The lowest BCUT2D eigenvalue weighted by atomic mass is 10.1. The van der Waals surface area contributed by atoms with Gasteiger partial charge in [-0.05, 0) is 31.7 Å². The molecule has 1 aromatic rings. The van der Waals surface area contributed by atoms with Crippen molar-refractivity contribution in [1.82, 2.24) is 9.97 Å². The van der Waals surface area contributed by atoms with Crippen molar-refractivity contribution < 1.29 is 0 Å². The van der Waals surface area contributed by atoms with Crippen LogP contribution < -0.4 is 5.73 Å². The molecule has 3 nitrogen and oxygen atoms in total. The molecule has 1 heterocycles. The maximum absolute atomic E-state index is 5.98. The molecule has 1 fully saturated rings. The van der Waals surface area contributed by atoms with Crippen molar-refractivity contribution in [3.05, 3.63) is 23.8 Å². The van der Waals surface area contributed by atoms with Crippen LogP contribution in [0, 0.1) is 12.8 Å². The molecule has 1 saturated carbocycles. The fraction of sp³-hybridized carbons (Fsp3) is 0.556. The molecule has 64 valence electrons. The Hall–Kier alpha value is -0.960. The number of hydrogen-bond donors (Lipinski definition) is 1. The predicted molar refractivity (Wildman–Crippen MR) is 46.4 cm³/mol. The average Bonchev–Trinajstić information content (AvgIpc) is 2.85. The summed E-state index contributed by atoms with van der Waals surface area (Å²) < 4.78 is 0. The molecule has 1 aliphatic carbocycles. The maximum Gasteiger partial charge on any atom is 0.115 e. The minimum atomic E-state index is 0.131. The van der Waals surface area contributed by atoms with Crippen LogP contribution in [0.4, 0.5) is 0 Å². The summed E-state index contributed by atoms with van der Waals surface area (Å²) in [4.78, 5) is 8.20. The number of hydrogen-bond acceptors (Lipinski definition) is 3. The predicted octanol–water partition coefficient (Wildman–Crippen LogP) is 1.19. The van der Waals surface area contributed by atoms with E-state index >= 15 is 0 Å². The molecule has 1 atom stereocenters. The summed E-state index contributed by atoms with van der Waals surface area (Å²) in [6, 6.07) is 2.11. The fourth-order valence-electron chi connectivity index (χ4n) is 1.35. The van der Waals surface area contributed by atoms with E-state index in [1.807, 2.05) is 13.0 Å². The van der Waals surface area contributed by atoms with Gasteiger partial charge in [0.15, 0.2) is 0 Å². The van der Waals surface area contributed by atoms with Gasteiger partial charge in [-0.3, -0.25) is 0 Å². The number of rotatable bonds is 2. The minimum Gasteiger partial charge on any atom is -0.322 e. The summed E-state index contributed by atoms with van der Waals surface area (Å²) in [5.41, 5.74) is 7.97. The molecule has 1 aliphatic rings. The molecule has 0 aliphatic heterocycles. The topological polar surface area (TPSA) is 51.8 Å². The van der Waals surface area contributed by atoms with Gasteiger partial charge in [0.05, 0.1) is 5.69 Å². The smallest absolute Gasteiger partial charge is 0.115 e. The van der Waals surface area contributed by atoms with Crippen molar-refractivity contribution in [2.24, 2.45) is 11.7 Å². The summed E-state index contributed by atoms with van der Waals surface area (Å²) in [5, 5.41) is 0. The lowest BCUT2D eigenvalue weighted by molar-refractivity contribution is 0.611. The van der Waals surface area contributed by atoms with Gasteiger partial charge in [-0.1, -0.05) is 0 Å². The Labute approximate surface area is 72.0 Å². The van der Waals surface area contributed by atoms with E-state index in [0.29, 0.717) is 5.92 Å². The highest BCUT2D eigenvalue weighted by molar-refractivity contribution is 5.12. The number of aryl methyl sites for hydroxylation is 1. The second kappa shape index (κ2) is 2.83. The molecule has 0 spiro atoms. The van der Waals surface area contributed by atoms with Crippen LogP contribution in [0.3, 0.4) is 0 Å². The zero-order chi connectivity index (χ0) is 8.55. The van der Waals surface area contributed by atoms with Gasteiger partial charge >= 0.3 is 0 Å². The van der Waals surface area contributed by atoms with Crippen molar-refractivity contribution in [2.45, 2.75) is 25.8 Å². The Morgan fingerprint density at radius 1 is 1.50 bits per heavy atom. The Balaban J connectivity index is 2.20. The number of nitrogens with two attached hydrogens (primary N) is 1. The van der Waals surface area contributed by atoms with Crippen molar-refractivity contribution in [3.8, 4) is 0 Å². The molecule has 0 radical (unpaired) electrons. The van der Waals surface area contributed by atoms with Crippen LogP contribution in [0.1, 0.15) is 30.3 Å². The van der Waals surface area contributed by atoms with E-state index in [4.69, 9.17) is 5.73 Å². The van der Waals surface area contributed by atoms with Crippen molar-refractivity contribution in [3.63, 3.8) is 0 Å². The summed E-state index contributed by atoms with van der Waals surface area (Å²) >= 11 is 0. The lowest BCUT2D eigenvalue weighted by Crippen LogP contribution is -2.14. The van der Waals surface area contributed by atoms with Crippen LogP contribution in [0.25, 0.3) is 0 Å². The molecule has 0 bridgehead atoms. The van der Waals surface area contributed by atoms with Crippen LogP contribution in [-0.2, 0) is 0 Å². The summed E-state index contributed by atoms with van der Waals surface area (Å²) in [6.45, 7) is 1.96. The Morgan fingerprint density at radius 2 is 2.25 bits per heavy atom. The first-order chi connectivity index (χ1) is 5.77. The SMILES string of the molecule is Cc1cc(C(N)C2CC2)ncn1. The van der Waals surface area contributed by atoms with E-state index in [9.17, 15) is 0 Å². The van der Waals surface area contributed by atoms with Crippen LogP contribution in [0.5, 0.6) is 0 Å². The van der Waals surface area contributed by atoms with Gasteiger partial charge in [-0.15, -0.1) is 0 Å². The van der Waals surface area contributed by atoms with Gasteiger partial charge < -0.3 is 5.73 Å². The largest absolute Gasteiger partial charge is 0.322 e. The lowest BCUT2D eigenvalue weighted by Gasteiger charge is -2.08. The first-order valence-corrected chi connectivity index (χ1v) is 4.31. The molecule has 0 saturated heterocycles. The fourth-order valence-corrected chi connectivity index (χ4v) is 1.35. The monoisotopic (exact) mass is 163 g/mol. The summed E-state index contributed by atoms with van der Waals surface area (Å²) in [7, 11) is 0. The second-order valence-electron chi connectivity index (χ2n) is 3.45. The number of aromatic nitrogens is 2. The van der Waals surface area contributed by atoms with Crippen molar-refractivity contribution in [2.75, 3.05) is 0 Å². The molecule has 2 N–H and O–H groups in total. The van der Waals surface area contributed by atoms with Crippen LogP contribution in [0.15, 0.2) is 12.4 Å². The highest BCUT2D eigenvalue weighted by Crippen LogP contribution is 2.38. The van der Waals surface area contributed by atoms with Crippen molar-refractivity contribution in [1.29, 1.82) is 0 Å². The molecule has 12 heavy (non-hydrogen) atoms. The Morgan fingerprint density at radius 3 is 2.83 bits per heavy atom. The van der Waals surface area contributed by atoms with Crippen LogP contribution >= 0.6 is 0 Å². The third-order valence-electron chi connectivity index (χ3n) is 2.30. The molecule has 1 aromatic heterocycles. The Bertz CT molecular complexity index is 281. The average molecular weight is 163 g/mol. The molecule has 3 heteroatoms. The zero-order valence-corrected chi connectivity index (χ0v) is 7.20. The van der Waals surface area contributed by atoms with Crippen LogP contribution in [-0.4, -0.2) is 9.97 Å². The maximum atomic E-state index is 5.98. The first-order valence-electron chi connectivity index (χ1n) is 4.31. The van der Waals surface area contributed by atoms with Crippen LogP contribution in [0.2, 0.25) is 0 Å². The standard InChI is InChI=1S/C9H13N3/c1-6-4-8(12-5-11-6)9(10)7-2-3-7/h4-5,7,9H,2-3,10H2,1H3. The minimum absolute atomic E-state index is 0.131. The van der Waals surface area contributed by atoms with E-state index in [2.05, 4.69) is 9.97 Å². The highest BCUT2D eigenvalue weighted by Gasteiger charge is 2.30. The quantitative estimate of drug-likeness (QED) is 0.712.